The predicted molar refractivity (Wildman–Crippen MR) is 76.4 cm³/mol. The van der Waals surface area contributed by atoms with E-state index in [0.29, 0.717) is 31.9 Å². The topological polar surface area (TPSA) is 83.1 Å². The molecule has 0 aromatic carbocycles. The lowest BCUT2D eigenvalue weighted by Gasteiger charge is -2.06. The predicted octanol–water partition coefficient (Wildman–Crippen LogP) is 1.52. The van der Waals surface area contributed by atoms with E-state index in [9.17, 15) is 9.59 Å². The van der Waals surface area contributed by atoms with E-state index in [4.69, 9.17) is 14.2 Å². The van der Waals surface area contributed by atoms with E-state index in [0.717, 1.165) is 6.26 Å². The maximum Gasteiger partial charge on any atom is 0.407 e. The number of ether oxygens (including phenoxy) is 4. The lowest BCUT2D eigenvalue weighted by atomic mass is 10.4. The lowest BCUT2D eigenvalue weighted by molar-refractivity contribution is -0.133. The first-order valence-corrected chi connectivity index (χ1v) is 6.30. The molecule has 0 heterocycles. The van der Waals surface area contributed by atoms with Crippen LogP contribution in [0.2, 0.25) is 0 Å². The van der Waals surface area contributed by atoms with Crippen LogP contribution in [0.25, 0.3) is 0 Å². The van der Waals surface area contributed by atoms with Gasteiger partial charge in [-0.2, -0.15) is 0 Å². The zero-order valence-corrected chi connectivity index (χ0v) is 12.1. The third kappa shape index (κ3) is 12.5. The first kappa shape index (κ1) is 18.7. The van der Waals surface area contributed by atoms with Gasteiger partial charge in [-0.1, -0.05) is 19.2 Å². The van der Waals surface area contributed by atoms with Gasteiger partial charge in [0.1, 0.15) is 25.7 Å². The van der Waals surface area contributed by atoms with Gasteiger partial charge < -0.3 is 24.3 Å². The van der Waals surface area contributed by atoms with Crippen LogP contribution >= 0.6 is 0 Å². The van der Waals surface area contributed by atoms with Crippen LogP contribution in [0.5, 0.6) is 0 Å². The van der Waals surface area contributed by atoms with Crippen molar-refractivity contribution in [2.24, 2.45) is 0 Å². The summed E-state index contributed by atoms with van der Waals surface area (Å²) >= 11 is 0. The van der Waals surface area contributed by atoms with Gasteiger partial charge in [-0.25, -0.2) is 9.59 Å². The number of esters is 1. The normalized spacial score (nSPS) is 9.95. The molecule has 0 aromatic heterocycles. The van der Waals surface area contributed by atoms with Crippen molar-refractivity contribution in [1.82, 2.24) is 5.32 Å². The molecule has 0 atom stereocenters. The van der Waals surface area contributed by atoms with E-state index >= 15 is 0 Å². The Kier molecular flexibility index (Phi) is 11.4. The molecule has 0 unspecified atom stereocenters. The summed E-state index contributed by atoms with van der Waals surface area (Å²) in [5.74, 6) is -0.513. The molecule has 0 bridgehead atoms. The van der Waals surface area contributed by atoms with Gasteiger partial charge in [-0.05, 0) is 6.92 Å². The molecule has 118 valence electrons. The van der Waals surface area contributed by atoms with Crippen molar-refractivity contribution in [2.75, 3.05) is 33.0 Å². The van der Waals surface area contributed by atoms with Crippen molar-refractivity contribution in [3.8, 4) is 0 Å². The Morgan fingerprint density at radius 3 is 2.62 bits per heavy atom. The van der Waals surface area contributed by atoms with Crippen molar-refractivity contribution < 1.29 is 28.5 Å². The minimum atomic E-state index is -0.517. The first-order chi connectivity index (χ1) is 10.1. The molecule has 0 aliphatic rings. The van der Waals surface area contributed by atoms with Gasteiger partial charge in [0, 0.05) is 12.1 Å². The Morgan fingerprint density at radius 1 is 1.19 bits per heavy atom. The molecule has 0 fully saturated rings. The monoisotopic (exact) mass is 299 g/mol. The van der Waals surface area contributed by atoms with Crippen LogP contribution in [0.4, 0.5) is 4.79 Å². The highest BCUT2D eigenvalue weighted by atomic mass is 16.6. The van der Waals surface area contributed by atoms with Crippen LogP contribution in [0.15, 0.2) is 37.3 Å². The number of hydrogen-bond donors (Lipinski definition) is 1. The Balaban J connectivity index is 3.35. The molecule has 21 heavy (non-hydrogen) atoms. The average Bonchev–Trinajstić information content (AvgIpc) is 2.46. The van der Waals surface area contributed by atoms with E-state index in [1.807, 2.05) is 0 Å². The molecule has 0 aromatic rings. The van der Waals surface area contributed by atoms with Crippen LogP contribution in [-0.2, 0) is 23.7 Å². The summed E-state index contributed by atoms with van der Waals surface area (Å²) in [4.78, 5) is 22.0. The van der Waals surface area contributed by atoms with E-state index in [1.54, 1.807) is 6.92 Å². The zero-order chi connectivity index (χ0) is 15.9. The second-order valence-corrected chi connectivity index (χ2v) is 3.75. The zero-order valence-electron chi connectivity index (χ0n) is 12.1. The second-order valence-electron chi connectivity index (χ2n) is 3.75. The molecule has 0 radical (unpaired) electrons. The first-order valence-electron chi connectivity index (χ1n) is 6.30. The van der Waals surface area contributed by atoms with Crippen LogP contribution < -0.4 is 5.32 Å². The summed E-state index contributed by atoms with van der Waals surface area (Å²) < 4.78 is 19.5. The minimum absolute atomic E-state index is 0.169. The van der Waals surface area contributed by atoms with E-state index in [-0.39, 0.29) is 6.61 Å². The highest BCUT2D eigenvalue weighted by Crippen LogP contribution is 1.92. The van der Waals surface area contributed by atoms with Gasteiger partial charge in [-0.3, -0.25) is 0 Å². The smallest absolute Gasteiger partial charge is 0.407 e. The summed E-state index contributed by atoms with van der Waals surface area (Å²) in [7, 11) is 0. The summed E-state index contributed by atoms with van der Waals surface area (Å²) in [6.07, 6.45) is 3.34. The van der Waals surface area contributed by atoms with E-state index in [1.165, 1.54) is 12.3 Å². The van der Waals surface area contributed by atoms with E-state index < -0.39 is 12.1 Å². The van der Waals surface area contributed by atoms with Crippen molar-refractivity contribution in [1.29, 1.82) is 0 Å². The van der Waals surface area contributed by atoms with Crippen LogP contribution in [0.3, 0.4) is 0 Å². The molecular formula is C14H21NO6. The van der Waals surface area contributed by atoms with Gasteiger partial charge in [-0.15, -0.1) is 0 Å². The molecule has 0 spiro atoms. The maximum atomic E-state index is 11.0. The van der Waals surface area contributed by atoms with Crippen LogP contribution in [0.1, 0.15) is 6.92 Å². The van der Waals surface area contributed by atoms with Gasteiger partial charge in [0.25, 0.3) is 0 Å². The molecule has 1 amide bonds. The quantitative estimate of drug-likeness (QED) is 0.205. The number of carbonyl (C=O) groups is 2. The molecular weight excluding hydrogens is 278 g/mol. The summed E-state index contributed by atoms with van der Waals surface area (Å²) in [6.45, 7) is 9.86. The highest BCUT2D eigenvalue weighted by Gasteiger charge is 1.99. The number of rotatable bonds is 11. The fourth-order valence-electron chi connectivity index (χ4n) is 0.917. The Bertz CT molecular complexity index is 378. The number of alkyl carbamates (subject to hydrolysis) is 1. The number of nitrogens with one attached hydrogen (secondary N) is 1. The van der Waals surface area contributed by atoms with Crippen molar-refractivity contribution in [2.45, 2.75) is 6.92 Å². The second kappa shape index (κ2) is 12.7. The molecule has 7 nitrogen and oxygen atoms in total. The average molecular weight is 299 g/mol. The van der Waals surface area contributed by atoms with Crippen molar-refractivity contribution in [3.05, 3.63) is 37.3 Å². The molecule has 0 aliphatic heterocycles. The Labute approximate surface area is 124 Å². The number of hydrogen-bond acceptors (Lipinski definition) is 6. The Morgan fingerprint density at radius 2 is 1.95 bits per heavy atom. The molecule has 1 N–H and O–H groups in total. The fraction of sp³-hybridized carbons (Fsp3) is 0.429. The molecule has 7 heteroatoms. The molecule has 0 saturated carbocycles. The minimum Gasteiger partial charge on any atom is -0.496 e. The highest BCUT2D eigenvalue weighted by molar-refractivity contribution is 5.87. The lowest BCUT2D eigenvalue weighted by Crippen LogP contribution is -2.28. The van der Waals surface area contributed by atoms with E-state index in [2.05, 4.69) is 23.2 Å². The largest absolute Gasteiger partial charge is 0.496 e. The summed E-state index contributed by atoms with van der Waals surface area (Å²) in [5.41, 5.74) is 0.308. The van der Waals surface area contributed by atoms with Gasteiger partial charge in [0.05, 0.1) is 13.2 Å². The summed E-state index contributed by atoms with van der Waals surface area (Å²) in [6, 6.07) is 0. The van der Waals surface area contributed by atoms with Crippen molar-refractivity contribution >= 4 is 12.1 Å². The molecule has 0 aliphatic carbocycles. The third-order valence-electron chi connectivity index (χ3n) is 1.87. The van der Waals surface area contributed by atoms with Gasteiger partial charge >= 0.3 is 12.1 Å². The number of amides is 1. The van der Waals surface area contributed by atoms with Crippen molar-refractivity contribution in [3.63, 3.8) is 0 Å². The van der Waals surface area contributed by atoms with Crippen LogP contribution in [-0.4, -0.2) is 45.0 Å². The molecule has 0 saturated heterocycles. The number of carbonyl (C=O) groups excluding carboxylic acids is 2. The van der Waals surface area contributed by atoms with Gasteiger partial charge in [0.2, 0.25) is 0 Å². The SMILES string of the molecule is C=CCOC(=O)NCCOCCOC=COC(=O)C(=C)C. The Hall–Kier alpha value is -2.28. The summed E-state index contributed by atoms with van der Waals surface area (Å²) in [5, 5.41) is 2.50. The standard InChI is InChI=1S/C14H21NO6/c1-4-6-21-14(17)15-5-7-18-8-9-19-10-11-20-13(16)12(2)3/h4,10-11H,1-2,5-9H2,3H3,(H,15,17). The molecule has 0 rings (SSSR count). The fourth-order valence-corrected chi connectivity index (χ4v) is 0.917. The third-order valence-corrected chi connectivity index (χ3v) is 1.87. The van der Waals surface area contributed by atoms with Crippen LogP contribution in [0, 0.1) is 0 Å². The van der Waals surface area contributed by atoms with Gasteiger partial charge in [0.15, 0.2) is 0 Å². The maximum absolute atomic E-state index is 11.0.